The number of fused-ring (bicyclic) bond motifs is 12. The number of nitrogens with one attached hydrogen (secondary N) is 2. The van der Waals surface area contributed by atoms with Gasteiger partial charge in [0, 0.05) is 49.9 Å². The Labute approximate surface area is 418 Å². The topological polar surface area (TPSA) is 116 Å². The van der Waals surface area contributed by atoms with Crippen molar-refractivity contribution in [1.29, 1.82) is 0 Å². The van der Waals surface area contributed by atoms with Crippen LogP contribution in [-0.4, -0.2) is 106 Å². The van der Waals surface area contributed by atoms with Crippen molar-refractivity contribution in [3.8, 4) is 34.5 Å². The second kappa shape index (κ2) is 26.9. The van der Waals surface area contributed by atoms with Crippen LogP contribution in [0.15, 0.2) is 121 Å². The maximum atomic E-state index is 6.92. The van der Waals surface area contributed by atoms with E-state index in [1.807, 2.05) is 24.3 Å². The highest BCUT2D eigenvalue weighted by atomic mass is 16.6. The van der Waals surface area contributed by atoms with Crippen molar-refractivity contribution in [3.05, 3.63) is 177 Å². The molecule has 6 aromatic rings. The van der Waals surface area contributed by atoms with Gasteiger partial charge in [-0.25, -0.2) is 0 Å². The van der Waals surface area contributed by atoms with Gasteiger partial charge in [0.05, 0.1) is 52.9 Å². The van der Waals surface area contributed by atoms with Crippen molar-refractivity contribution < 1.29 is 47.4 Å². The zero-order valence-electron chi connectivity index (χ0n) is 40.9. The summed E-state index contributed by atoms with van der Waals surface area (Å²) >= 11 is 0. The summed E-state index contributed by atoms with van der Waals surface area (Å²) in [5.74, 6) is 5.00. The van der Waals surface area contributed by atoms with E-state index < -0.39 is 0 Å². The molecular formula is C59H68N2O10. The Morgan fingerprint density at radius 1 is 0.254 bits per heavy atom. The minimum Gasteiger partial charge on any atom is -0.491 e. The third-order valence-electron chi connectivity index (χ3n) is 12.8. The van der Waals surface area contributed by atoms with Gasteiger partial charge in [-0.15, -0.1) is 0 Å². The van der Waals surface area contributed by atoms with Crippen LogP contribution in [0.4, 0.5) is 0 Å². The Kier molecular flexibility index (Phi) is 18.9. The Hall–Kier alpha value is -6.12. The maximum Gasteiger partial charge on any atom is 0.126 e. The van der Waals surface area contributed by atoms with E-state index in [9.17, 15) is 0 Å². The monoisotopic (exact) mass is 964 g/mol. The molecule has 6 aromatic carbocycles. The van der Waals surface area contributed by atoms with Gasteiger partial charge in [-0.1, -0.05) is 109 Å². The van der Waals surface area contributed by atoms with Crippen LogP contribution in [0.5, 0.6) is 34.5 Å². The summed E-state index contributed by atoms with van der Waals surface area (Å²) < 4.78 is 64.0. The fourth-order valence-electron chi connectivity index (χ4n) is 9.35. The van der Waals surface area contributed by atoms with E-state index in [-0.39, 0.29) is 0 Å². The SMILES string of the molecule is c1ccc2c(c1)CNCCCNCc1ccccc1OCCOc1c3cccc1Cc1cccc4c1OCCOCCOCCOCCOCCOc1c(cccc1C3)Cc1cccc(c1OCCO2)C4. The largest absolute Gasteiger partial charge is 0.491 e. The lowest BCUT2D eigenvalue weighted by Crippen LogP contribution is -2.22. The third-order valence-corrected chi connectivity index (χ3v) is 12.8. The highest BCUT2D eigenvalue weighted by molar-refractivity contribution is 5.56. The van der Waals surface area contributed by atoms with Gasteiger partial charge in [-0.2, -0.15) is 0 Å². The number of ether oxygens (including phenoxy) is 10. The van der Waals surface area contributed by atoms with Crippen LogP contribution in [0.3, 0.4) is 0 Å². The number of para-hydroxylation sites is 6. The molecule has 0 unspecified atom stereocenters. The van der Waals surface area contributed by atoms with Crippen LogP contribution in [0.1, 0.15) is 62.1 Å². The van der Waals surface area contributed by atoms with Crippen LogP contribution >= 0.6 is 0 Å². The predicted octanol–water partition coefficient (Wildman–Crippen LogP) is 8.70. The molecule has 4 aliphatic rings. The minimum absolute atomic E-state index is 0.345. The molecule has 374 valence electrons. The highest BCUT2D eigenvalue weighted by Crippen LogP contribution is 2.39. The van der Waals surface area contributed by atoms with Crippen LogP contribution in [0, 0.1) is 0 Å². The van der Waals surface area contributed by atoms with E-state index >= 15 is 0 Å². The predicted molar refractivity (Wildman–Crippen MR) is 274 cm³/mol. The summed E-state index contributed by atoms with van der Waals surface area (Å²) in [6.45, 7) is 8.85. The molecule has 12 bridgehead atoms. The molecule has 71 heavy (non-hydrogen) atoms. The van der Waals surface area contributed by atoms with E-state index in [0.717, 1.165) is 110 Å². The molecule has 12 heteroatoms. The van der Waals surface area contributed by atoms with Crippen LogP contribution in [0.2, 0.25) is 0 Å². The van der Waals surface area contributed by atoms with Gasteiger partial charge in [0.15, 0.2) is 0 Å². The normalized spacial score (nSPS) is 17.5. The molecule has 0 radical (unpaired) electrons. The quantitative estimate of drug-likeness (QED) is 0.152. The van der Waals surface area contributed by atoms with E-state index in [1.165, 1.54) is 0 Å². The molecule has 0 amide bonds. The lowest BCUT2D eigenvalue weighted by atomic mass is 9.91. The van der Waals surface area contributed by atoms with Crippen molar-refractivity contribution in [2.24, 2.45) is 0 Å². The zero-order chi connectivity index (χ0) is 48.1. The second-order valence-electron chi connectivity index (χ2n) is 17.8. The summed E-state index contributed by atoms with van der Waals surface area (Å²) in [5, 5.41) is 7.24. The molecule has 3 aliphatic heterocycles. The molecule has 10 rings (SSSR count). The number of hydrogen-bond donors (Lipinski definition) is 2. The van der Waals surface area contributed by atoms with Crippen molar-refractivity contribution in [2.75, 3.05) is 106 Å². The van der Waals surface area contributed by atoms with Gasteiger partial charge in [0.25, 0.3) is 0 Å². The van der Waals surface area contributed by atoms with Gasteiger partial charge in [0.2, 0.25) is 0 Å². The fraction of sp³-hybridized carbons (Fsp3) is 0.390. The average molecular weight is 965 g/mol. The van der Waals surface area contributed by atoms with E-state index in [1.54, 1.807) is 0 Å². The lowest BCUT2D eigenvalue weighted by molar-refractivity contribution is -0.00706. The van der Waals surface area contributed by atoms with Crippen molar-refractivity contribution >= 4 is 0 Å². The fourth-order valence-corrected chi connectivity index (χ4v) is 9.35. The molecule has 0 atom stereocenters. The molecule has 0 saturated carbocycles. The zero-order valence-corrected chi connectivity index (χ0v) is 40.9. The molecule has 0 aromatic heterocycles. The van der Waals surface area contributed by atoms with Crippen LogP contribution in [0.25, 0.3) is 0 Å². The molecule has 3 heterocycles. The number of rotatable bonds is 0. The average Bonchev–Trinajstić information content (AvgIpc) is 3.38. The standard InChI is InChI=1S/C59H68N2O10/c1-3-20-54-52(10-1)42-60-22-9-23-61-43-53-11-2-4-21-55(53)67-35-37-71-59-50-18-8-19-51(59)41-47-15-6-13-45-39-49-17-7-16-48(58(49)70-36-34-66-54)38-44-12-5-14-46(40-50)56(44)68-32-30-64-28-26-62-24-25-63-27-29-65-31-33-69-57(45)47/h1-8,10-21,60-61H,9,22-43H2. The summed E-state index contributed by atoms with van der Waals surface area (Å²) in [6.07, 6.45) is 3.24. The first-order valence-corrected chi connectivity index (χ1v) is 25.3. The second-order valence-corrected chi connectivity index (χ2v) is 17.8. The van der Waals surface area contributed by atoms with Crippen molar-refractivity contribution in [3.63, 3.8) is 0 Å². The number of hydrogen-bond acceptors (Lipinski definition) is 12. The Morgan fingerprint density at radius 3 is 0.831 bits per heavy atom. The smallest absolute Gasteiger partial charge is 0.126 e. The van der Waals surface area contributed by atoms with Crippen molar-refractivity contribution in [2.45, 2.75) is 45.2 Å². The summed E-state index contributed by atoms with van der Waals surface area (Å²) in [4.78, 5) is 0. The Morgan fingerprint density at radius 2 is 0.507 bits per heavy atom. The summed E-state index contributed by atoms with van der Waals surface area (Å²) in [7, 11) is 0. The van der Waals surface area contributed by atoms with Gasteiger partial charge < -0.3 is 58.0 Å². The molecule has 0 fully saturated rings. The Bertz CT molecular complexity index is 2340. The van der Waals surface area contributed by atoms with Gasteiger partial charge in [-0.3, -0.25) is 0 Å². The molecular weight excluding hydrogens is 897 g/mol. The molecule has 0 spiro atoms. The van der Waals surface area contributed by atoms with E-state index in [0.29, 0.717) is 131 Å². The highest BCUT2D eigenvalue weighted by Gasteiger charge is 2.22. The summed E-state index contributed by atoms with van der Waals surface area (Å²) in [6, 6.07) is 42.3. The molecule has 0 saturated heterocycles. The third kappa shape index (κ3) is 14.3. The minimum atomic E-state index is 0.345. The molecule has 2 N–H and O–H groups in total. The first-order valence-electron chi connectivity index (χ1n) is 25.3. The van der Waals surface area contributed by atoms with Crippen LogP contribution in [-0.2, 0) is 57.7 Å². The number of benzene rings is 6. The van der Waals surface area contributed by atoms with Crippen LogP contribution < -0.4 is 39.1 Å². The first-order chi connectivity index (χ1) is 35.3. The summed E-state index contributed by atoms with van der Waals surface area (Å²) in [5.41, 5.74) is 10.6. The Balaban J connectivity index is 1.13. The van der Waals surface area contributed by atoms with Crippen molar-refractivity contribution in [1.82, 2.24) is 10.6 Å². The van der Waals surface area contributed by atoms with E-state index in [4.69, 9.17) is 47.4 Å². The van der Waals surface area contributed by atoms with Gasteiger partial charge in [-0.05, 0) is 76.2 Å². The van der Waals surface area contributed by atoms with Gasteiger partial charge in [0.1, 0.15) is 74.1 Å². The maximum absolute atomic E-state index is 6.92. The molecule has 12 nitrogen and oxygen atoms in total. The lowest BCUT2D eigenvalue weighted by Gasteiger charge is -2.23. The first kappa shape index (κ1) is 49.8. The van der Waals surface area contributed by atoms with Gasteiger partial charge >= 0.3 is 0 Å². The molecule has 1 aliphatic carbocycles. The van der Waals surface area contributed by atoms with E-state index in [2.05, 4.69) is 108 Å².